The van der Waals surface area contributed by atoms with Gasteiger partial charge in [0.2, 0.25) is 0 Å². The number of aromatic nitrogens is 2. The maximum Gasteiger partial charge on any atom is 0.137 e. The highest BCUT2D eigenvalue weighted by molar-refractivity contribution is 6.29. The molecule has 2 rings (SSSR count). The molecule has 20 heavy (non-hydrogen) atoms. The van der Waals surface area contributed by atoms with Gasteiger partial charge in [0.15, 0.2) is 0 Å². The molecule has 0 spiro atoms. The van der Waals surface area contributed by atoms with Crippen molar-refractivity contribution < 1.29 is 0 Å². The molecule has 1 saturated heterocycles. The van der Waals surface area contributed by atoms with Crippen LogP contribution in [0.5, 0.6) is 0 Å². The molecule has 0 bridgehead atoms. The van der Waals surface area contributed by atoms with Crippen molar-refractivity contribution in [2.24, 2.45) is 0 Å². The number of nitrogens with zero attached hydrogens (tertiary/aromatic N) is 4. The molecular formula is C15H25ClN4. The summed E-state index contributed by atoms with van der Waals surface area (Å²) < 4.78 is 0. The highest BCUT2D eigenvalue weighted by Crippen LogP contribution is 2.26. The molecule has 0 N–H and O–H groups in total. The van der Waals surface area contributed by atoms with E-state index in [0.29, 0.717) is 11.2 Å². The number of rotatable bonds is 2. The summed E-state index contributed by atoms with van der Waals surface area (Å²) in [5.41, 5.74) is -0.0817. The lowest BCUT2D eigenvalue weighted by Crippen LogP contribution is -2.42. The standard InChI is InChI=1S/C15H25ClN4/c1-15(2,3)14-17-12(16)10-13(18-14)20-8-6-11(7-9-20)19(4)5/h10-11H,6-9H2,1-5H3. The highest BCUT2D eigenvalue weighted by Gasteiger charge is 2.24. The van der Waals surface area contributed by atoms with E-state index in [-0.39, 0.29) is 5.41 Å². The average Bonchev–Trinajstić information content (AvgIpc) is 2.37. The predicted molar refractivity (Wildman–Crippen MR) is 84.7 cm³/mol. The maximum atomic E-state index is 6.17. The van der Waals surface area contributed by atoms with Gasteiger partial charge in [-0.1, -0.05) is 32.4 Å². The fourth-order valence-corrected chi connectivity index (χ4v) is 2.69. The molecule has 5 heteroatoms. The molecule has 0 radical (unpaired) electrons. The van der Waals surface area contributed by atoms with Crippen molar-refractivity contribution in [2.75, 3.05) is 32.1 Å². The van der Waals surface area contributed by atoms with Gasteiger partial charge >= 0.3 is 0 Å². The van der Waals surface area contributed by atoms with Crippen molar-refractivity contribution in [3.63, 3.8) is 0 Å². The lowest BCUT2D eigenvalue weighted by Gasteiger charge is -2.36. The van der Waals surface area contributed by atoms with E-state index in [9.17, 15) is 0 Å². The summed E-state index contributed by atoms with van der Waals surface area (Å²) in [4.78, 5) is 13.7. The smallest absolute Gasteiger partial charge is 0.137 e. The van der Waals surface area contributed by atoms with Crippen LogP contribution in [0, 0.1) is 0 Å². The Kier molecular flexibility index (Phi) is 4.55. The Labute approximate surface area is 127 Å². The Bertz CT molecular complexity index is 459. The van der Waals surface area contributed by atoms with Crippen molar-refractivity contribution in [1.29, 1.82) is 0 Å². The topological polar surface area (TPSA) is 32.3 Å². The van der Waals surface area contributed by atoms with E-state index in [2.05, 4.69) is 49.7 Å². The van der Waals surface area contributed by atoms with E-state index in [0.717, 1.165) is 24.7 Å². The van der Waals surface area contributed by atoms with Gasteiger partial charge in [0.1, 0.15) is 16.8 Å². The van der Waals surface area contributed by atoms with Gasteiger partial charge in [0.05, 0.1) is 0 Å². The minimum absolute atomic E-state index is 0.0817. The first-order valence-electron chi connectivity index (χ1n) is 7.24. The van der Waals surface area contributed by atoms with Crippen LogP contribution >= 0.6 is 11.6 Å². The maximum absolute atomic E-state index is 6.17. The third-order valence-corrected chi connectivity index (χ3v) is 4.06. The van der Waals surface area contributed by atoms with E-state index in [1.807, 2.05) is 6.07 Å². The van der Waals surface area contributed by atoms with Crippen molar-refractivity contribution in [1.82, 2.24) is 14.9 Å². The molecule has 1 aliphatic rings. The van der Waals surface area contributed by atoms with Gasteiger partial charge < -0.3 is 9.80 Å². The number of anilines is 1. The quantitative estimate of drug-likeness (QED) is 0.786. The van der Waals surface area contributed by atoms with Crippen molar-refractivity contribution >= 4 is 17.4 Å². The zero-order chi connectivity index (χ0) is 14.9. The summed E-state index contributed by atoms with van der Waals surface area (Å²) in [6.45, 7) is 8.39. The largest absolute Gasteiger partial charge is 0.356 e. The Morgan fingerprint density at radius 3 is 2.30 bits per heavy atom. The molecule has 0 amide bonds. The van der Waals surface area contributed by atoms with E-state index in [1.165, 1.54) is 12.8 Å². The first kappa shape index (κ1) is 15.5. The Balaban J connectivity index is 2.16. The highest BCUT2D eigenvalue weighted by atomic mass is 35.5. The first-order valence-corrected chi connectivity index (χ1v) is 7.61. The number of piperidine rings is 1. The van der Waals surface area contributed by atoms with Crippen LogP contribution in [-0.2, 0) is 5.41 Å². The number of halogens is 1. The average molecular weight is 297 g/mol. The molecule has 0 aliphatic carbocycles. The Morgan fingerprint density at radius 2 is 1.80 bits per heavy atom. The predicted octanol–water partition coefficient (Wildman–Crippen LogP) is 2.96. The van der Waals surface area contributed by atoms with Crippen LogP contribution in [0.15, 0.2) is 6.07 Å². The third kappa shape index (κ3) is 3.61. The van der Waals surface area contributed by atoms with Crippen LogP contribution in [0.1, 0.15) is 39.4 Å². The molecule has 1 fully saturated rings. The Morgan fingerprint density at radius 1 is 1.20 bits per heavy atom. The van der Waals surface area contributed by atoms with Crippen LogP contribution in [0.3, 0.4) is 0 Å². The fourth-order valence-electron chi connectivity index (χ4n) is 2.51. The van der Waals surface area contributed by atoms with Gasteiger partial charge in [-0.3, -0.25) is 0 Å². The summed E-state index contributed by atoms with van der Waals surface area (Å²) in [6, 6.07) is 2.55. The van der Waals surface area contributed by atoms with Gasteiger partial charge in [-0.15, -0.1) is 0 Å². The summed E-state index contributed by atoms with van der Waals surface area (Å²) in [7, 11) is 4.30. The molecule has 0 saturated carbocycles. The molecular weight excluding hydrogens is 272 g/mol. The molecule has 2 heterocycles. The summed E-state index contributed by atoms with van der Waals surface area (Å²) in [6.07, 6.45) is 2.33. The van der Waals surface area contributed by atoms with Crippen LogP contribution in [0.4, 0.5) is 5.82 Å². The zero-order valence-electron chi connectivity index (χ0n) is 13.1. The minimum Gasteiger partial charge on any atom is -0.356 e. The number of hydrogen-bond donors (Lipinski definition) is 0. The number of hydrogen-bond acceptors (Lipinski definition) is 4. The zero-order valence-corrected chi connectivity index (χ0v) is 13.9. The van der Waals surface area contributed by atoms with Gasteiger partial charge in [0.25, 0.3) is 0 Å². The summed E-state index contributed by atoms with van der Waals surface area (Å²) in [5.74, 6) is 1.78. The van der Waals surface area contributed by atoms with Gasteiger partial charge in [-0.25, -0.2) is 9.97 Å². The monoisotopic (exact) mass is 296 g/mol. The molecule has 1 aromatic rings. The van der Waals surface area contributed by atoms with Crippen molar-refractivity contribution in [3.05, 3.63) is 17.0 Å². The van der Waals surface area contributed by atoms with E-state index in [4.69, 9.17) is 16.6 Å². The van der Waals surface area contributed by atoms with Gasteiger partial charge in [0, 0.05) is 30.6 Å². The molecule has 1 aliphatic heterocycles. The molecule has 1 aromatic heterocycles. The lowest BCUT2D eigenvalue weighted by molar-refractivity contribution is 0.249. The molecule has 0 atom stereocenters. The molecule has 0 unspecified atom stereocenters. The molecule has 0 aromatic carbocycles. The SMILES string of the molecule is CN(C)C1CCN(c2cc(Cl)nc(C(C)(C)C)n2)CC1. The first-order chi connectivity index (χ1) is 9.27. The van der Waals surface area contributed by atoms with Crippen LogP contribution in [0.25, 0.3) is 0 Å². The van der Waals surface area contributed by atoms with Crippen molar-refractivity contribution in [2.45, 2.75) is 45.1 Å². The second kappa shape index (κ2) is 5.86. The third-order valence-electron chi connectivity index (χ3n) is 3.87. The lowest BCUT2D eigenvalue weighted by atomic mass is 9.96. The van der Waals surface area contributed by atoms with E-state index < -0.39 is 0 Å². The molecule has 112 valence electrons. The van der Waals surface area contributed by atoms with E-state index >= 15 is 0 Å². The molecule has 4 nitrogen and oxygen atoms in total. The van der Waals surface area contributed by atoms with Gasteiger partial charge in [-0.2, -0.15) is 0 Å². The fraction of sp³-hybridized carbons (Fsp3) is 0.733. The van der Waals surface area contributed by atoms with Crippen LogP contribution < -0.4 is 4.90 Å². The van der Waals surface area contributed by atoms with E-state index in [1.54, 1.807) is 0 Å². The second-order valence-corrected chi connectivity index (χ2v) is 7.19. The summed E-state index contributed by atoms with van der Waals surface area (Å²) >= 11 is 6.17. The second-order valence-electron chi connectivity index (χ2n) is 6.80. The van der Waals surface area contributed by atoms with Crippen LogP contribution in [0.2, 0.25) is 5.15 Å². The van der Waals surface area contributed by atoms with Crippen LogP contribution in [-0.4, -0.2) is 48.1 Å². The van der Waals surface area contributed by atoms with Gasteiger partial charge in [-0.05, 0) is 26.9 Å². The Hall–Kier alpha value is -0.870. The van der Waals surface area contributed by atoms with Crippen molar-refractivity contribution in [3.8, 4) is 0 Å². The normalized spacial score (nSPS) is 17.9. The summed E-state index contributed by atoms with van der Waals surface area (Å²) in [5, 5.41) is 0.537. The minimum atomic E-state index is -0.0817.